The van der Waals surface area contributed by atoms with Gasteiger partial charge >= 0.3 is 5.97 Å². The second-order valence-corrected chi connectivity index (χ2v) is 5.46. The number of rotatable bonds is 4. The third-order valence-electron chi connectivity index (χ3n) is 3.82. The van der Waals surface area contributed by atoms with E-state index < -0.39 is 5.97 Å². The molecule has 0 radical (unpaired) electrons. The van der Waals surface area contributed by atoms with Crippen molar-refractivity contribution in [1.82, 2.24) is 4.57 Å². The lowest BCUT2D eigenvalue weighted by Crippen LogP contribution is -2.33. The van der Waals surface area contributed by atoms with E-state index in [2.05, 4.69) is 5.32 Å². The van der Waals surface area contributed by atoms with E-state index in [1.807, 2.05) is 18.2 Å². The van der Waals surface area contributed by atoms with Crippen molar-refractivity contribution in [2.45, 2.75) is 31.9 Å². The summed E-state index contributed by atoms with van der Waals surface area (Å²) in [6.45, 7) is 0.556. The Balaban J connectivity index is 1.74. The first-order valence-corrected chi connectivity index (χ1v) is 7.36. The van der Waals surface area contributed by atoms with Crippen LogP contribution in [0.5, 0.6) is 0 Å². The molecule has 1 aromatic heterocycles. The minimum Gasteiger partial charge on any atom is -0.480 e. The fourth-order valence-corrected chi connectivity index (χ4v) is 2.73. The van der Waals surface area contributed by atoms with E-state index in [0.717, 1.165) is 30.2 Å². The number of aliphatic carboxylic acids is 1. The molecule has 0 saturated carbocycles. The Kier molecular flexibility index (Phi) is 4.11. The van der Waals surface area contributed by atoms with E-state index in [1.165, 1.54) is 0 Å². The minimum absolute atomic E-state index is 0.0783. The maximum absolute atomic E-state index is 12.1. The van der Waals surface area contributed by atoms with Gasteiger partial charge in [0.1, 0.15) is 12.6 Å². The maximum Gasteiger partial charge on any atom is 0.323 e. The molecular weight excluding hydrogens is 284 g/mol. The molecule has 3 rings (SSSR count). The van der Waals surface area contributed by atoms with Gasteiger partial charge in [0, 0.05) is 29.4 Å². The van der Waals surface area contributed by atoms with E-state index >= 15 is 0 Å². The third-order valence-corrected chi connectivity index (χ3v) is 3.82. The number of benzene rings is 1. The van der Waals surface area contributed by atoms with Gasteiger partial charge < -0.3 is 19.7 Å². The molecule has 22 heavy (non-hydrogen) atoms. The normalized spacial score (nSPS) is 18.3. The average molecular weight is 302 g/mol. The lowest BCUT2D eigenvalue weighted by molar-refractivity contribution is -0.137. The first-order valence-electron chi connectivity index (χ1n) is 7.36. The Bertz CT molecular complexity index is 701. The molecule has 116 valence electrons. The summed E-state index contributed by atoms with van der Waals surface area (Å²) in [7, 11) is 0. The predicted molar refractivity (Wildman–Crippen MR) is 81.8 cm³/mol. The molecule has 1 fully saturated rings. The zero-order valence-electron chi connectivity index (χ0n) is 12.1. The minimum atomic E-state index is -0.885. The fraction of sp³-hybridized carbons (Fsp3) is 0.375. The van der Waals surface area contributed by atoms with Crippen molar-refractivity contribution in [2.75, 3.05) is 11.9 Å². The fourth-order valence-electron chi connectivity index (χ4n) is 2.73. The van der Waals surface area contributed by atoms with Gasteiger partial charge in [-0.25, -0.2) is 0 Å². The van der Waals surface area contributed by atoms with E-state index in [1.54, 1.807) is 16.8 Å². The van der Waals surface area contributed by atoms with E-state index in [4.69, 9.17) is 9.84 Å². The Morgan fingerprint density at radius 3 is 2.91 bits per heavy atom. The Hall–Kier alpha value is -2.34. The van der Waals surface area contributed by atoms with Crippen LogP contribution in [0.25, 0.3) is 10.9 Å². The summed E-state index contributed by atoms with van der Waals surface area (Å²) in [5.41, 5.74) is 1.52. The van der Waals surface area contributed by atoms with Crippen molar-refractivity contribution in [1.29, 1.82) is 0 Å². The van der Waals surface area contributed by atoms with Gasteiger partial charge in [0.2, 0.25) is 0 Å². The van der Waals surface area contributed by atoms with Gasteiger partial charge in [-0.2, -0.15) is 0 Å². The first kappa shape index (κ1) is 14.6. The highest BCUT2D eigenvalue weighted by Gasteiger charge is 2.22. The highest BCUT2D eigenvalue weighted by Crippen LogP contribution is 2.22. The second-order valence-electron chi connectivity index (χ2n) is 5.46. The lowest BCUT2D eigenvalue weighted by atomic mass is 10.1. The van der Waals surface area contributed by atoms with Crippen LogP contribution in [0.4, 0.5) is 5.69 Å². The number of ether oxygens (including phenoxy) is 1. The van der Waals surface area contributed by atoms with Crippen LogP contribution >= 0.6 is 0 Å². The zero-order chi connectivity index (χ0) is 15.5. The van der Waals surface area contributed by atoms with Gasteiger partial charge in [0.25, 0.3) is 5.91 Å². The molecule has 1 aliphatic rings. The molecular formula is C16H18N2O4. The van der Waals surface area contributed by atoms with Crippen molar-refractivity contribution in [3.8, 4) is 0 Å². The molecule has 2 heterocycles. The van der Waals surface area contributed by atoms with Crippen molar-refractivity contribution in [2.24, 2.45) is 0 Å². The molecule has 1 amide bonds. The number of hydrogen-bond donors (Lipinski definition) is 2. The first-order chi connectivity index (χ1) is 10.6. The van der Waals surface area contributed by atoms with Crippen LogP contribution in [-0.4, -0.2) is 34.3 Å². The zero-order valence-corrected chi connectivity index (χ0v) is 12.1. The second kappa shape index (κ2) is 6.19. The summed E-state index contributed by atoms with van der Waals surface area (Å²) < 4.78 is 7.13. The third kappa shape index (κ3) is 3.12. The molecule has 1 atom stereocenters. The summed E-state index contributed by atoms with van der Waals surface area (Å²) in [5.74, 6) is -1.01. The van der Waals surface area contributed by atoms with Crippen LogP contribution in [0.3, 0.4) is 0 Å². The molecule has 1 saturated heterocycles. The smallest absolute Gasteiger partial charge is 0.323 e. The molecule has 0 bridgehead atoms. The topological polar surface area (TPSA) is 80.6 Å². The van der Waals surface area contributed by atoms with Gasteiger partial charge in [-0.3, -0.25) is 9.59 Å². The van der Waals surface area contributed by atoms with Crippen molar-refractivity contribution < 1.29 is 19.4 Å². The van der Waals surface area contributed by atoms with Gasteiger partial charge in [-0.1, -0.05) is 0 Å². The van der Waals surface area contributed by atoms with Gasteiger partial charge in [-0.05, 0) is 43.5 Å². The van der Waals surface area contributed by atoms with Gasteiger partial charge in [0.05, 0.1) is 0 Å². The standard InChI is InChI=1S/C16H18N2O4/c19-15(20)10-18-7-6-11-9-12(4-5-13(11)18)17-16(21)14-3-1-2-8-22-14/h4-7,9,14H,1-3,8,10H2,(H,17,21)(H,19,20). The number of nitrogens with zero attached hydrogens (tertiary/aromatic N) is 1. The van der Waals surface area contributed by atoms with Crippen LogP contribution in [0, 0.1) is 0 Å². The number of fused-ring (bicyclic) bond motifs is 1. The number of anilines is 1. The molecule has 0 spiro atoms. The molecule has 1 unspecified atom stereocenters. The van der Waals surface area contributed by atoms with Crippen LogP contribution in [0.2, 0.25) is 0 Å². The number of carboxylic acid groups (broad SMARTS) is 1. The number of aromatic nitrogens is 1. The Morgan fingerprint density at radius 2 is 2.18 bits per heavy atom. The maximum atomic E-state index is 12.1. The number of amides is 1. The van der Waals surface area contributed by atoms with Crippen molar-refractivity contribution >= 4 is 28.5 Å². The number of hydrogen-bond acceptors (Lipinski definition) is 3. The highest BCUT2D eigenvalue weighted by atomic mass is 16.5. The molecule has 1 aromatic carbocycles. The molecule has 1 aliphatic heterocycles. The van der Waals surface area contributed by atoms with Crippen LogP contribution < -0.4 is 5.32 Å². The van der Waals surface area contributed by atoms with Crippen LogP contribution in [-0.2, 0) is 20.9 Å². The average Bonchev–Trinajstić information content (AvgIpc) is 2.90. The molecule has 6 nitrogen and oxygen atoms in total. The van der Waals surface area contributed by atoms with E-state index in [-0.39, 0.29) is 18.6 Å². The van der Waals surface area contributed by atoms with Crippen LogP contribution in [0.1, 0.15) is 19.3 Å². The Labute approximate surface area is 127 Å². The largest absolute Gasteiger partial charge is 0.480 e. The van der Waals surface area contributed by atoms with Gasteiger partial charge in [0.15, 0.2) is 0 Å². The summed E-state index contributed by atoms with van der Waals surface area (Å²) in [6, 6.07) is 7.27. The summed E-state index contributed by atoms with van der Waals surface area (Å²) >= 11 is 0. The van der Waals surface area contributed by atoms with Gasteiger partial charge in [-0.15, -0.1) is 0 Å². The number of nitrogens with one attached hydrogen (secondary N) is 1. The van der Waals surface area contributed by atoms with Crippen molar-refractivity contribution in [3.63, 3.8) is 0 Å². The molecule has 2 N–H and O–H groups in total. The van der Waals surface area contributed by atoms with E-state index in [0.29, 0.717) is 12.3 Å². The Morgan fingerprint density at radius 1 is 1.32 bits per heavy atom. The summed E-state index contributed by atoms with van der Waals surface area (Å²) in [6.07, 6.45) is 4.13. The molecule has 6 heteroatoms. The summed E-state index contributed by atoms with van der Waals surface area (Å²) in [5, 5.41) is 12.6. The highest BCUT2D eigenvalue weighted by molar-refractivity contribution is 5.96. The molecule has 2 aromatic rings. The predicted octanol–water partition coefficient (Wildman–Crippen LogP) is 2.23. The number of carboxylic acids is 1. The number of carbonyl (C=O) groups excluding carboxylic acids is 1. The van der Waals surface area contributed by atoms with Crippen molar-refractivity contribution in [3.05, 3.63) is 30.5 Å². The monoisotopic (exact) mass is 302 g/mol. The SMILES string of the molecule is O=C(O)Cn1ccc2cc(NC(=O)C3CCCCO3)ccc21. The summed E-state index contributed by atoms with van der Waals surface area (Å²) in [4.78, 5) is 22.9. The molecule has 0 aliphatic carbocycles. The van der Waals surface area contributed by atoms with E-state index in [9.17, 15) is 9.59 Å². The quantitative estimate of drug-likeness (QED) is 0.907. The lowest BCUT2D eigenvalue weighted by Gasteiger charge is -2.21. The van der Waals surface area contributed by atoms with Crippen LogP contribution in [0.15, 0.2) is 30.5 Å². The number of carbonyl (C=O) groups is 2.